The number of ketones is 1. The standard InChI is InChI=1S/C36H30O8/c1-39-29-11-8-22(18-31(29)40-2)19-32-35(38)25-9-12-30-34(36(25)44-32)26(20-33(37)43-30)24-5-3-4-6-28(24)42-15-13-21-7-10-27-23(17-21)14-16-41-27/h3-12,17-19,26H,13-16,20H2,1-2H3. The molecule has 0 aromatic heterocycles. The van der Waals surface area contributed by atoms with Gasteiger partial charge in [0.1, 0.15) is 23.0 Å². The van der Waals surface area contributed by atoms with Gasteiger partial charge in [0.25, 0.3) is 0 Å². The van der Waals surface area contributed by atoms with Crippen molar-refractivity contribution in [1.82, 2.24) is 0 Å². The first-order chi connectivity index (χ1) is 21.5. The van der Waals surface area contributed by atoms with Gasteiger partial charge < -0.3 is 28.4 Å². The maximum Gasteiger partial charge on any atom is 0.312 e. The highest BCUT2D eigenvalue weighted by Crippen LogP contribution is 2.50. The molecule has 0 saturated heterocycles. The molecule has 7 rings (SSSR count). The zero-order chi connectivity index (χ0) is 30.2. The molecule has 0 N–H and O–H groups in total. The number of carbonyl (C=O) groups excluding carboxylic acids is 2. The van der Waals surface area contributed by atoms with Crippen molar-refractivity contribution in [1.29, 1.82) is 0 Å². The Hall–Kier alpha value is -5.24. The van der Waals surface area contributed by atoms with Gasteiger partial charge in [0.2, 0.25) is 5.78 Å². The molecule has 222 valence electrons. The summed E-state index contributed by atoms with van der Waals surface area (Å²) in [5.41, 5.74) is 5.01. The number of esters is 1. The fourth-order valence-corrected chi connectivity index (χ4v) is 6.04. The van der Waals surface area contributed by atoms with Gasteiger partial charge in [-0.2, -0.15) is 0 Å². The number of hydrogen-bond acceptors (Lipinski definition) is 8. The van der Waals surface area contributed by atoms with Gasteiger partial charge in [-0.1, -0.05) is 36.4 Å². The molecule has 3 aliphatic rings. The average Bonchev–Trinajstić information content (AvgIpc) is 3.64. The van der Waals surface area contributed by atoms with Crippen LogP contribution < -0.4 is 28.4 Å². The summed E-state index contributed by atoms with van der Waals surface area (Å²) >= 11 is 0. The molecule has 0 spiro atoms. The summed E-state index contributed by atoms with van der Waals surface area (Å²) in [6.07, 6.45) is 3.40. The maximum atomic E-state index is 13.5. The lowest BCUT2D eigenvalue weighted by Crippen LogP contribution is -2.22. The number of para-hydroxylation sites is 1. The van der Waals surface area contributed by atoms with Crippen molar-refractivity contribution >= 4 is 17.8 Å². The molecule has 1 unspecified atom stereocenters. The molecule has 4 aromatic rings. The highest BCUT2D eigenvalue weighted by atomic mass is 16.5. The summed E-state index contributed by atoms with van der Waals surface area (Å²) in [7, 11) is 3.12. The van der Waals surface area contributed by atoms with Crippen LogP contribution >= 0.6 is 0 Å². The quantitative estimate of drug-likeness (QED) is 0.134. The molecule has 0 bridgehead atoms. The molecule has 3 aliphatic heterocycles. The Kier molecular flexibility index (Phi) is 7.18. The van der Waals surface area contributed by atoms with E-state index >= 15 is 0 Å². The van der Waals surface area contributed by atoms with Crippen LogP contribution in [0.15, 0.2) is 78.6 Å². The van der Waals surface area contributed by atoms with Gasteiger partial charge in [0.15, 0.2) is 17.3 Å². The lowest BCUT2D eigenvalue weighted by molar-refractivity contribution is -0.135. The third-order valence-corrected chi connectivity index (χ3v) is 8.18. The van der Waals surface area contributed by atoms with E-state index in [-0.39, 0.29) is 23.9 Å². The van der Waals surface area contributed by atoms with Gasteiger partial charge in [-0.05, 0) is 59.2 Å². The highest BCUT2D eigenvalue weighted by Gasteiger charge is 2.39. The Bertz CT molecular complexity index is 1820. The summed E-state index contributed by atoms with van der Waals surface area (Å²) in [5, 5.41) is 0. The molecule has 0 saturated carbocycles. The minimum absolute atomic E-state index is 0.0843. The molecular formula is C36H30O8. The van der Waals surface area contributed by atoms with Crippen molar-refractivity contribution in [3.8, 4) is 34.5 Å². The summed E-state index contributed by atoms with van der Waals surface area (Å²) < 4.78 is 34.6. The highest BCUT2D eigenvalue weighted by molar-refractivity contribution is 6.15. The molecule has 8 nitrogen and oxygen atoms in total. The number of allylic oxidation sites excluding steroid dienone is 1. The second-order valence-electron chi connectivity index (χ2n) is 10.8. The number of ether oxygens (including phenoxy) is 6. The summed E-state index contributed by atoms with van der Waals surface area (Å²) in [6, 6.07) is 22.6. The van der Waals surface area contributed by atoms with Crippen LogP contribution in [-0.2, 0) is 17.6 Å². The lowest BCUT2D eigenvalue weighted by Gasteiger charge is -2.27. The fourth-order valence-electron chi connectivity index (χ4n) is 6.04. The van der Waals surface area contributed by atoms with E-state index in [1.807, 2.05) is 36.4 Å². The van der Waals surface area contributed by atoms with E-state index < -0.39 is 5.92 Å². The second-order valence-corrected chi connectivity index (χ2v) is 10.8. The van der Waals surface area contributed by atoms with Crippen LogP contribution in [0.4, 0.5) is 0 Å². The van der Waals surface area contributed by atoms with Gasteiger partial charge in [-0.3, -0.25) is 9.59 Å². The minimum atomic E-state index is -0.428. The van der Waals surface area contributed by atoms with Crippen molar-refractivity contribution < 1.29 is 38.0 Å². The van der Waals surface area contributed by atoms with Crippen molar-refractivity contribution in [3.05, 3.63) is 112 Å². The first-order valence-corrected chi connectivity index (χ1v) is 14.5. The van der Waals surface area contributed by atoms with E-state index in [1.165, 1.54) is 11.1 Å². The third-order valence-electron chi connectivity index (χ3n) is 8.18. The van der Waals surface area contributed by atoms with Crippen LogP contribution in [-0.4, -0.2) is 39.2 Å². The van der Waals surface area contributed by atoms with Crippen LogP contribution in [0.1, 0.15) is 50.5 Å². The van der Waals surface area contributed by atoms with Gasteiger partial charge in [-0.15, -0.1) is 0 Å². The van der Waals surface area contributed by atoms with Gasteiger partial charge in [-0.25, -0.2) is 0 Å². The lowest BCUT2D eigenvalue weighted by atomic mass is 9.84. The molecule has 44 heavy (non-hydrogen) atoms. The molecule has 8 heteroatoms. The molecule has 0 amide bonds. The zero-order valence-electron chi connectivity index (χ0n) is 24.4. The van der Waals surface area contributed by atoms with E-state index in [1.54, 1.807) is 44.6 Å². The number of hydrogen-bond donors (Lipinski definition) is 0. The smallest absolute Gasteiger partial charge is 0.312 e. The van der Waals surface area contributed by atoms with E-state index in [4.69, 9.17) is 28.4 Å². The average molecular weight is 591 g/mol. The normalized spacial score (nSPS) is 17.2. The molecule has 0 fully saturated rings. The molecule has 0 radical (unpaired) electrons. The number of Topliss-reactive ketones (excluding diaryl/α,β-unsaturated/α-hetero) is 1. The fraction of sp³-hybridized carbons (Fsp3) is 0.222. The number of methoxy groups -OCH3 is 2. The monoisotopic (exact) mass is 590 g/mol. The number of benzene rings is 4. The van der Waals surface area contributed by atoms with Crippen LogP contribution in [0.2, 0.25) is 0 Å². The Morgan fingerprint density at radius 1 is 0.864 bits per heavy atom. The predicted molar refractivity (Wildman–Crippen MR) is 162 cm³/mol. The Morgan fingerprint density at radius 2 is 1.70 bits per heavy atom. The van der Waals surface area contributed by atoms with Gasteiger partial charge in [0, 0.05) is 29.9 Å². The van der Waals surface area contributed by atoms with Gasteiger partial charge in [0.05, 0.1) is 39.4 Å². The van der Waals surface area contributed by atoms with E-state index in [2.05, 4.69) is 12.1 Å². The van der Waals surface area contributed by atoms with E-state index in [9.17, 15) is 9.59 Å². The van der Waals surface area contributed by atoms with Crippen LogP contribution in [0.25, 0.3) is 6.08 Å². The van der Waals surface area contributed by atoms with Crippen molar-refractivity contribution in [2.75, 3.05) is 27.4 Å². The number of fused-ring (bicyclic) bond motifs is 4. The largest absolute Gasteiger partial charge is 0.493 e. The molecule has 4 aromatic carbocycles. The zero-order valence-corrected chi connectivity index (χ0v) is 24.4. The number of carbonyl (C=O) groups is 2. The predicted octanol–water partition coefficient (Wildman–Crippen LogP) is 6.32. The minimum Gasteiger partial charge on any atom is -0.493 e. The van der Waals surface area contributed by atoms with Crippen LogP contribution in [0.5, 0.6) is 34.5 Å². The Labute approximate surface area is 254 Å². The van der Waals surface area contributed by atoms with E-state index in [0.29, 0.717) is 52.0 Å². The Balaban J connectivity index is 1.18. The molecule has 0 aliphatic carbocycles. The van der Waals surface area contributed by atoms with Crippen molar-refractivity contribution in [2.45, 2.75) is 25.2 Å². The topological polar surface area (TPSA) is 89.5 Å². The van der Waals surface area contributed by atoms with Crippen LogP contribution in [0.3, 0.4) is 0 Å². The van der Waals surface area contributed by atoms with Crippen molar-refractivity contribution in [3.63, 3.8) is 0 Å². The molecular weight excluding hydrogens is 560 g/mol. The Morgan fingerprint density at radius 3 is 2.57 bits per heavy atom. The first kappa shape index (κ1) is 27.6. The van der Waals surface area contributed by atoms with Gasteiger partial charge >= 0.3 is 5.97 Å². The molecule has 1 atom stereocenters. The molecule has 3 heterocycles. The van der Waals surface area contributed by atoms with Crippen LogP contribution in [0, 0.1) is 0 Å². The third kappa shape index (κ3) is 5.02. The maximum absolute atomic E-state index is 13.5. The summed E-state index contributed by atoms with van der Waals surface area (Å²) in [4.78, 5) is 26.3. The first-order valence-electron chi connectivity index (χ1n) is 14.5. The second kappa shape index (κ2) is 11.4. The van der Waals surface area contributed by atoms with E-state index in [0.717, 1.165) is 30.8 Å². The SMILES string of the molecule is COc1ccc(C=C2Oc3c(ccc4c3C(c3ccccc3OCCc3ccc5c(c3)CCO5)CC(=O)O4)C2=O)cc1OC. The number of rotatable bonds is 8. The summed E-state index contributed by atoms with van der Waals surface area (Å²) in [5.74, 6) is 2.65. The van der Waals surface area contributed by atoms with Crippen molar-refractivity contribution in [2.24, 2.45) is 0 Å². The summed E-state index contributed by atoms with van der Waals surface area (Å²) in [6.45, 7) is 1.18.